The van der Waals surface area contributed by atoms with E-state index >= 15 is 0 Å². The van der Waals surface area contributed by atoms with Crippen LogP contribution in [0.3, 0.4) is 0 Å². The molecular formula is C25H33N3O. The highest BCUT2D eigenvalue weighted by molar-refractivity contribution is 5.94. The fraction of sp³-hybridized carbons (Fsp3) is 0.560. The summed E-state index contributed by atoms with van der Waals surface area (Å²) < 4.78 is 0. The van der Waals surface area contributed by atoms with Gasteiger partial charge in [0.15, 0.2) is 0 Å². The number of nitrogens with zero attached hydrogens (tertiary/aromatic N) is 2. The van der Waals surface area contributed by atoms with Crippen molar-refractivity contribution in [2.75, 3.05) is 32.7 Å². The van der Waals surface area contributed by atoms with E-state index in [2.05, 4.69) is 45.5 Å². The topological polar surface area (TPSA) is 35.6 Å². The monoisotopic (exact) mass is 391 g/mol. The molecule has 2 fully saturated rings. The molecule has 1 N–H and O–H groups in total. The number of amides is 1. The second kappa shape index (κ2) is 8.35. The zero-order chi connectivity index (χ0) is 19.6. The average molecular weight is 392 g/mol. The van der Waals surface area contributed by atoms with Gasteiger partial charge in [0, 0.05) is 36.9 Å². The van der Waals surface area contributed by atoms with E-state index in [4.69, 9.17) is 0 Å². The maximum atomic E-state index is 12.8. The minimum absolute atomic E-state index is 0.0972. The molecule has 0 bridgehead atoms. The highest BCUT2D eigenvalue weighted by Crippen LogP contribution is 2.29. The number of hydrogen-bond acceptors (Lipinski definition) is 3. The maximum absolute atomic E-state index is 12.8. The maximum Gasteiger partial charge on any atom is 0.251 e. The number of carbonyl (C=O) groups is 1. The molecule has 0 atom stereocenters. The highest BCUT2D eigenvalue weighted by atomic mass is 16.1. The SMILES string of the molecule is O=C(NCC1CCN(C2CCC2)CC1)c1ccc2c(c1)CCN(C1=CC=C1)CC2. The molecule has 2 aliphatic heterocycles. The van der Waals surface area contributed by atoms with Gasteiger partial charge >= 0.3 is 0 Å². The molecule has 1 amide bonds. The summed E-state index contributed by atoms with van der Waals surface area (Å²) in [5, 5.41) is 3.22. The lowest BCUT2D eigenvalue weighted by atomic mass is 9.88. The standard InChI is InChI=1S/C25H33N3O/c29-25(26-18-19-9-13-27(14-10-19)23-3-1-4-23)22-8-7-20-11-15-28(24-5-2-6-24)16-12-21(20)17-22/h2,5-8,17,19,23H,1,3-4,9-16,18H2,(H,26,29). The van der Waals surface area contributed by atoms with E-state index < -0.39 is 0 Å². The van der Waals surface area contributed by atoms with Crippen LogP contribution >= 0.6 is 0 Å². The summed E-state index contributed by atoms with van der Waals surface area (Å²) in [6.45, 7) is 5.35. The van der Waals surface area contributed by atoms with E-state index in [9.17, 15) is 4.79 Å². The molecule has 29 heavy (non-hydrogen) atoms. The van der Waals surface area contributed by atoms with Crippen molar-refractivity contribution in [2.45, 2.75) is 51.0 Å². The lowest BCUT2D eigenvalue weighted by Crippen LogP contribution is -2.46. The van der Waals surface area contributed by atoms with Crippen LogP contribution in [0.15, 0.2) is 42.1 Å². The van der Waals surface area contributed by atoms with E-state index in [1.54, 1.807) is 0 Å². The number of benzene rings is 1. The van der Waals surface area contributed by atoms with Crippen LogP contribution in [0.2, 0.25) is 0 Å². The summed E-state index contributed by atoms with van der Waals surface area (Å²) in [6.07, 6.45) is 15.2. The van der Waals surface area contributed by atoms with Crippen LogP contribution in [-0.2, 0) is 12.8 Å². The second-order valence-corrected chi connectivity index (χ2v) is 9.20. The summed E-state index contributed by atoms with van der Waals surface area (Å²) in [5.74, 6) is 0.730. The van der Waals surface area contributed by atoms with E-state index in [-0.39, 0.29) is 5.91 Å². The Morgan fingerprint density at radius 3 is 2.41 bits per heavy atom. The Hall–Kier alpha value is -2.07. The smallest absolute Gasteiger partial charge is 0.251 e. The van der Waals surface area contributed by atoms with Gasteiger partial charge in [0.25, 0.3) is 5.91 Å². The van der Waals surface area contributed by atoms with E-state index in [0.29, 0.717) is 5.92 Å². The quantitative estimate of drug-likeness (QED) is 0.834. The van der Waals surface area contributed by atoms with Gasteiger partial charge in [-0.15, -0.1) is 0 Å². The van der Waals surface area contributed by atoms with Gasteiger partial charge in [0.05, 0.1) is 0 Å². The predicted octanol–water partition coefficient (Wildman–Crippen LogP) is 3.54. The van der Waals surface area contributed by atoms with Crippen molar-refractivity contribution >= 4 is 5.91 Å². The Labute approximate surface area is 174 Å². The van der Waals surface area contributed by atoms with Crippen LogP contribution in [0.4, 0.5) is 0 Å². The summed E-state index contributed by atoms with van der Waals surface area (Å²) in [7, 11) is 0. The Bertz CT molecular complexity index is 815. The van der Waals surface area contributed by atoms with Gasteiger partial charge in [-0.05, 0) is 92.9 Å². The van der Waals surface area contributed by atoms with Crippen molar-refractivity contribution in [3.05, 3.63) is 58.8 Å². The molecule has 0 spiro atoms. The minimum Gasteiger partial charge on any atom is -0.371 e. The number of nitrogens with one attached hydrogen (secondary N) is 1. The molecule has 2 aliphatic carbocycles. The van der Waals surface area contributed by atoms with Crippen molar-refractivity contribution in [1.29, 1.82) is 0 Å². The lowest BCUT2D eigenvalue weighted by molar-refractivity contribution is 0.0803. The number of allylic oxidation sites excluding steroid dienone is 3. The Kier molecular flexibility index (Phi) is 5.45. The van der Waals surface area contributed by atoms with Crippen molar-refractivity contribution in [3.8, 4) is 0 Å². The van der Waals surface area contributed by atoms with Crippen LogP contribution in [0.25, 0.3) is 0 Å². The van der Waals surface area contributed by atoms with Crippen LogP contribution in [0.1, 0.15) is 53.6 Å². The molecule has 1 aromatic carbocycles. The summed E-state index contributed by atoms with van der Waals surface area (Å²) in [4.78, 5) is 17.9. The van der Waals surface area contributed by atoms with Crippen LogP contribution < -0.4 is 5.32 Å². The molecule has 5 rings (SSSR count). The number of likely N-dealkylation sites (tertiary alicyclic amines) is 1. The minimum atomic E-state index is 0.0972. The Morgan fingerprint density at radius 1 is 1.00 bits per heavy atom. The van der Waals surface area contributed by atoms with Gasteiger partial charge in [0.1, 0.15) is 0 Å². The first-order valence-corrected chi connectivity index (χ1v) is 11.5. The molecule has 1 saturated heterocycles. The first kappa shape index (κ1) is 18.9. The predicted molar refractivity (Wildman–Crippen MR) is 117 cm³/mol. The van der Waals surface area contributed by atoms with Crippen LogP contribution in [0, 0.1) is 5.92 Å². The fourth-order valence-corrected chi connectivity index (χ4v) is 5.13. The third-order valence-corrected chi connectivity index (χ3v) is 7.46. The highest BCUT2D eigenvalue weighted by Gasteiger charge is 2.28. The Balaban J connectivity index is 1.13. The van der Waals surface area contributed by atoms with Gasteiger partial charge in [-0.2, -0.15) is 0 Å². The molecule has 4 heteroatoms. The summed E-state index contributed by atoms with van der Waals surface area (Å²) in [5.41, 5.74) is 4.92. The molecule has 1 aromatic rings. The fourth-order valence-electron chi connectivity index (χ4n) is 5.13. The first-order valence-electron chi connectivity index (χ1n) is 11.5. The van der Waals surface area contributed by atoms with Crippen molar-refractivity contribution in [3.63, 3.8) is 0 Å². The van der Waals surface area contributed by atoms with Gasteiger partial charge < -0.3 is 15.1 Å². The molecule has 2 heterocycles. The average Bonchev–Trinajstić information content (AvgIpc) is 2.87. The third kappa shape index (κ3) is 4.13. The summed E-state index contributed by atoms with van der Waals surface area (Å²) in [6, 6.07) is 7.19. The third-order valence-electron chi connectivity index (χ3n) is 7.46. The molecule has 4 nitrogen and oxygen atoms in total. The zero-order valence-corrected chi connectivity index (χ0v) is 17.4. The second-order valence-electron chi connectivity index (χ2n) is 9.20. The van der Waals surface area contributed by atoms with Gasteiger partial charge in [-0.25, -0.2) is 0 Å². The van der Waals surface area contributed by atoms with Crippen LogP contribution in [-0.4, -0.2) is 54.5 Å². The molecule has 154 valence electrons. The number of hydrogen-bond donors (Lipinski definition) is 1. The van der Waals surface area contributed by atoms with Gasteiger partial charge in [0.2, 0.25) is 0 Å². The lowest BCUT2D eigenvalue weighted by Gasteiger charge is -2.41. The molecular weight excluding hydrogens is 358 g/mol. The van der Waals surface area contributed by atoms with Crippen LogP contribution in [0.5, 0.6) is 0 Å². The number of carbonyl (C=O) groups excluding carboxylic acids is 1. The van der Waals surface area contributed by atoms with Crippen molar-refractivity contribution < 1.29 is 4.79 Å². The molecule has 0 unspecified atom stereocenters. The number of rotatable bonds is 5. The van der Waals surface area contributed by atoms with Gasteiger partial charge in [-0.3, -0.25) is 4.79 Å². The van der Waals surface area contributed by atoms with E-state index in [0.717, 1.165) is 44.1 Å². The summed E-state index contributed by atoms with van der Waals surface area (Å²) >= 11 is 0. The first-order chi connectivity index (χ1) is 14.3. The zero-order valence-electron chi connectivity index (χ0n) is 17.4. The molecule has 0 radical (unpaired) electrons. The normalized spacial score (nSPS) is 22.9. The van der Waals surface area contributed by atoms with Gasteiger partial charge in [-0.1, -0.05) is 18.6 Å². The van der Waals surface area contributed by atoms with Crippen molar-refractivity contribution in [2.24, 2.45) is 5.92 Å². The van der Waals surface area contributed by atoms with E-state index in [1.165, 1.54) is 62.0 Å². The van der Waals surface area contributed by atoms with Crippen molar-refractivity contribution in [1.82, 2.24) is 15.1 Å². The molecule has 1 saturated carbocycles. The Morgan fingerprint density at radius 2 is 1.76 bits per heavy atom. The molecule has 4 aliphatic rings. The largest absolute Gasteiger partial charge is 0.371 e. The number of fused-ring (bicyclic) bond motifs is 1. The van der Waals surface area contributed by atoms with E-state index in [1.807, 2.05) is 6.07 Å². The molecule has 0 aromatic heterocycles. The number of piperidine rings is 1.